The predicted molar refractivity (Wildman–Crippen MR) is 99.6 cm³/mol. The molecule has 3 nitrogen and oxygen atoms in total. The third kappa shape index (κ3) is 5.66. The van der Waals surface area contributed by atoms with Crippen LogP contribution in [0.1, 0.15) is 12.5 Å². The largest absolute Gasteiger partial charge is 0.491 e. The van der Waals surface area contributed by atoms with E-state index in [4.69, 9.17) is 17.0 Å². The van der Waals surface area contributed by atoms with Crippen LogP contribution in [0.15, 0.2) is 53.0 Å². The Bertz CT molecular complexity index is 614. The van der Waals surface area contributed by atoms with Crippen LogP contribution in [0.25, 0.3) is 0 Å². The van der Waals surface area contributed by atoms with E-state index in [1.54, 1.807) is 0 Å². The molecule has 5 heteroatoms. The number of nitrogens with one attached hydrogen (secondary N) is 2. The minimum absolute atomic E-state index is 0.108. The number of anilines is 1. The van der Waals surface area contributed by atoms with Gasteiger partial charge < -0.3 is 15.4 Å². The zero-order valence-electron chi connectivity index (χ0n) is 12.6. The van der Waals surface area contributed by atoms with Gasteiger partial charge in [-0.2, -0.15) is 0 Å². The van der Waals surface area contributed by atoms with Crippen LogP contribution in [0.3, 0.4) is 0 Å². The van der Waals surface area contributed by atoms with Crippen LogP contribution in [0.2, 0.25) is 0 Å². The first kappa shape index (κ1) is 16.8. The minimum Gasteiger partial charge on any atom is -0.491 e. The highest BCUT2D eigenvalue weighted by Crippen LogP contribution is 2.14. The Morgan fingerprint density at radius 2 is 1.77 bits per heavy atom. The molecule has 0 aliphatic heterocycles. The highest BCUT2D eigenvalue weighted by molar-refractivity contribution is 9.10. The summed E-state index contributed by atoms with van der Waals surface area (Å²) in [5.41, 5.74) is 2.17. The van der Waals surface area contributed by atoms with Gasteiger partial charge in [0.2, 0.25) is 0 Å². The monoisotopic (exact) mass is 378 g/mol. The van der Waals surface area contributed by atoms with Crippen molar-refractivity contribution in [3.63, 3.8) is 0 Å². The molecule has 2 aromatic rings. The van der Waals surface area contributed by atoms with Gasteiger partial charge in [-0.05, 0) is 62.5 Å². The summed E-state index contributed by atoms with van der Waals surface area (Å²) < 4.78 is 6.77. The van der Waals surface area contributed by atoms with E-state index in [0.717, 1.165) is 15.9 Å². The third-order valence-corrected chi connectivity index (χ3v) is 3.75. The lowest BCUT2D eigenvalue weighted by molar-refractivity contribution is 0.287. The molecule has 0 aliphatic rings. The summed E-state index contributed by atoms with van der Waals surface area (Å²) in [6.45, 7) is 4.63. The number of thiocarbonyl (C=S) groups is 1. The molecule has 0 bridgehead atoms. The van der Waals surface area contributed by atoms with Crippen LogP contribution in [-0.2, 0) is 0 Å². The molecule has 22 heavy (non-hydrogen) atoms. The summed E-state index contributed by atoms with van der Waals surface area (Å²) in [6.07, 6.45) is 0. The molecule has 0 heterocycles. The normalized spacial score (nSPS) is 11.6. The van der Waals surface area contributed by atoms with Gasteiger partial charge in [-0.1, -0.05) is 33.6 Å². The van der Waals surface area contributed by atoms with Gasteiger partial charge in [0, 0.05) is 10.2 Å². The predicted octanol–water partition coefficient (Wildman–Crippen LogP) is 4.51. The molecule has 0 saturated heterocycles. The fourth-order valence-corrected chi connectivity index (χ4v) is 2.40. The molecule has 0 aliphatic carbocycles. The molecule has 2 aromatic carbocycles. The Labute approximate surface area is 145 Å². The van der Waals surface area contributed by atoms with Crippen molar-refractivity contribution in [1.29, 1.82) is 0 Å². The first-order valence-electron chi connectivity index (χ1n) is 7.05. The van der Waals surface area contributed by atoms with Gasteiger partial charge in [-0.3, -0.25) is 0 Å². The van der Waals surface area contributed by atoms with Crippen molar-refractivity contribution < 1.29 is 4.74 Å². The maximum atomic E-state index is 5.73. The zero-order chi connectivity index (χ0) is 15.9. The molecule has 2 N–H and O–H groups in total. The SMILES string of the molecule is Cc1ccc(OC[C@@H](C)NC(=S)Nc2ccc(Br)cc2)cc1. The quantitative estimate of drug-likeness (QED) is 0.749. The molecule has 0 saturated carbocycles. The number of rotatable bonds is 5. The van der Waals surface area contributed by atoms with Crippen molar-refractivity contribution in [2.45, 2.75) is 19.9 Å². The van der Waals surface area contributed by atoms with Gasteiger partial charge in [-0.25, -0.2) is 0 Å². The first-order chi connectivity index (χ1) is 10.5. The lowest BCUT2D eigenvalue weighted by Crippen LogP contribution is -2.39. The van der Waals surface area contributed by atoms with Crippen LogP contribution in [0.5, 0.6) is 5.75 Å². The van der Waals surface area contributed by atoms with Gasteiger partial charge in [0.1, 0.15) is 12.4 Å². The van der Waals surface area contributed by atoms with Crippen molar-refractivity contribution in [1.82, 2.24) is 5.32 Å². The second-order valence-corrected chi connectivity index (χ2v) is 6.45. The topological polar surface area (TPSA) is 33.3 Å². The molecule has 0 spiro atoms. The first-order valence-corrected chi connectivity index (χ1v) is 8.25. The number of hydrogen-bond acceptors (Lipinski definition) is 2. The highest BCUT2D eigenvalue weighted by Gasteiger charge is 2.05. The molecule has 1 atom stereocenters. The van der Waals surface area contributed by atoms with E-state index in [2.05, 4.69) is 33.5 Å². The average molecular weight is 379 g/mol. The van der Waals surface area contributed by atoms with Crippen molar-refractivity contribution >= 4 is 38.9 Å². The van der Waals surface area contributed by atoms with Gasteiger partial charge in [0.15, 0.2) is 5.11 Å². The standard InChI is InChI=1S/C17H19BrN2OS/c1-12-3-9-16(10-4-12)21-11-13(2)19-17(22)20-15-7-5-14(18)6-8-15/h3-10,13H,11H2,1-2H3,(H2,19,20,22)/t13-/m1/s1. The minimum atomic E-state index is 0.108. The molecule has 0 radical (unpaired) electrons. The van der Waals surface area contributed by atoms with Crippen LogP contribution in [0.4, 0.5) is 5.69 Å². The summed E-state index contributed by atoms with van der Waals surface area (Å²) in [5.74, 6) is 0.867. The van der Waals surface area contributed by atoms with Gasteiger partial charge >= 0.3 is 0 Å². The molecule has 2 rings (SSSR count). The Morgan fingerprint density at radius 1 is 1.14 bits per heavy atom. The summed E-state index contributed by atoms with van der Waals surface area (Å²) in [5, 5.41) is 6.94. The van der Waals surface area contributed by atoms with E-state index in [1.807, 2.05) is 55.5 Å². The molecule has 0 unspecified atom stereocenters. The fraction of sp³-hybridized carbons (Fsp3) is 0.235. The second-order valence-electron chi connectivity index (χ2n) is 5.13. The number of benzene rings is 2. The number of ether oxygens (including phenoxy) is 1. The molecular formula is C17H19BrN2OS. The summed E-state index contributed by atoms with van der Waals surface area (Å²) in [6, 6.07) is 16.0. The summed E-state index contributed by atoms with van der Waals surface area (Å²) in [7, 11) is 0. The maximum absolute atomic E-state index is 5.73. The highest BCUT2D eigenvalue weighted by atomic mass is 79.9. The molecule has 116 valence electrons. The van der Waals surface area contributed by atoms with Crippen molar-refractivity contribution in [3.05, 3.63) is 58.6 Å². The number of hydrogen-bond donors (Lipinski definition) is 2. The Hall–Kier alpha value is -1.59. The van der Waals surface area contributed by atoms with Crippen LogP contribution in [0, 0.1) is 6.92 Å². The molecule has 0 amide bonds. The van der Waals surface area contributed by atoms with Crippen molar-refractivity contribution in [2.24, 2.45) is 0 Å². The van der Waals surface area contributed by atoms with E-state index in [1.165, 1.54) is 5.56 Å². The van der Waals surface area contributed by atoms with Crippen LogP contribution in [-0.4, -0.2) is 17.8 Å². The van der Waals surface area contributed by atoms with Crippen molar-refractivity contribution in [2.75, 3.05) is 11.9 Å². The van der Waals surface area contributed by atoms with E-state index >= 15 is 0 Å². The van der Waals surface area contributed by atoms with Crippen molar-refractivity contribution in [3.8, 4) is 5.75 Å². The fourth-order valence-electron chi connectivity index (χ4n) is 1.82. The van der Waals surface area contributed by atoms with E-state index in [0.29, 0.717) is 11.7 Å². The van der Waals surface area contributed by atoms with Crippen LogP contribution < -0.4 is 15.4 Å². The van der Waals surface area contributed by atoms with E-state index in [-0.39, 0.29) is 6.04 Å². The molecule has 0 aromatic heterocycles. The Kier molecular flexibility index (Phi) is 6.21. The maximum Gasteiger partial charge on any atom is 0.171 e. The second kappa shape index (κ2) is 8.15. The Morgan fingerprint density at radius 3 is 2.41 bits per heavy atom. The lowest BCUT2D eigenvalue weighted by Gasteiger charge is -2.17. The summed E-state index contributed by atoms with van der Waals surface area (Å²) in [4.78, 5) is 0. The van der Waals surface area contributed by atoms with E-state index in [9.17, 15) is 0 Å². The average Bonchev–Trinajstić information content (AvgIpc) is 2.49. The zero-order valence-corrected chi connectivity index (χ0v) is 15.0. The molecule has 0 fully saturated rings. The van der Waals surface area contributed by atoms with Gasteiger partial charge in [-0.15, -0.1) is 0 Å². The van der Waals surface area contributed by atoms with E-state index < -0.39 is 0 Å². The summed E-state index contributed by atoms with van der Waals surface area (Å²) >= 11 is 8.71. The van der Waals surface area contributed by atoms with Gasteiger partial charge in [0.25, 0.3) is 0 Å². The smallest absolute Gasteiger partial charge is 0.171 e. The lowest BCUT2D eigenvalue weighted by atomic mass is 10.2. The number of halogens is 1. The van der Waals surface area contributed by atoms with Gasteiger partial charge in [0.05, 0.1) is 6.04 Å². The Balaban J connectivity index is 1.76. The van der Waals surface area contributed by atoms with Crippen LogP contribution >= 0.6 is 28.1 Å². The number of aryl methyl sites for hydroxylation is 1. The third-order valence-electron chi connectivity index (χ3n) is 3.00. The molecular weight excluding hydrogens is 360 g/mol.